The summed E-state index contributed by atoms with van der Waals surface area (Å²) in [5.41, 5.74) is 0.196. The van der Waals surface area contributed by atoms with Gasteiger partial charge in [0.25, 0.3) is 5.91 Å². The zero-order valence-corrected chi connectivity index (χ0v) is 19.2. The van der Waals surface area contributed by atoms with Crippen LogP contribution in [-0.2, 0) is 0 Å². The van der Waals surface area contributed by atoms with Gasteiger partial charge < -0.3 is 19.7 Å². The molecule has 7 nitrogen and oxygen atoms in total. The molecule has 0 fully saturated rings. The molecule has 7 heteroatoms. The number of rotatable bonds is 7. The average Bonchev–Trinajstić information content (AvgIpc) is 2.83. The summed E-state index contributed by atoms with van der Waals surface area (Å²) in [7, 11) is 0. The number of fused-ring (bicyclic) bond motifs is 1. The maximum atomic E-state index is 13.5. The highest BCUT2D eigenvalue weighted by Gasteiger charge is 2.41. The number of carbonyl (C=O) groups is 2. The molecule has 2 heterocycles. The molecule has 4 rings (SSSR count). The van der Waals surface area contributed by atoms with Crippen molar-refractivity contribution in [2.45, 2.75) is 44.7 Å². The molecule has 1 amide bonds. The Morgan fingerprint density at radius 1 is 1.03 bits per heavy atom. The first-order chi connectivity index (χ1) is 16.3. The number of aromatic nitrogens is 1. The van der Waals surface area contributed by atoms with Crippen LogP contribution in [0.4, 0.5) is 0 Å². The molecular weight excluding hydrogens is 432 g/mol. The number of hydrogen-bond donors (Lipinski definition) is 2. The molecule has 0 saturated heterocycles. The van der Waals surface area contributed by atoms with Gasteiger partial charge >= 0.3 is 5.97 Å². The van der Waals surface area contributed by atoms with Gasteiger partial charge in [-0.2, -0.15) is 0 Å². The van der Waals surface area contributed by atoms with Gasteiger partial charge in [0.2, 0.25) is 5.43 Å². The van der Waals surface area contributed by atoms with E-state index in [1.54, 1.807) is 4.90 Å². The van der Waals surface area contributed by atoms with Crippen molar-refractivity contribution in [2.75, 3.05) is 6.54 Å². The van der Waals surface area contributed by atoms with E-state index in [2.05, 4.69) is 0 Å². The van der Waals surface area contributed by atoms with Crippen molar-refractivity contribution in [1.29, 1.82) is 0 Å². The Labute approximate surface area is 197 Å². The number of aromatic hydroxyl groups is 1. The fraction of sp³-hybridized carbons (Fsp3) is 0.296. The van der Waals surface area contributed by atoms with Crippen LogP contribution in [0.25, 0.3) is 0 Å². The lowest BCUT2D eigenvalue weighted by molar-refractivity contribution is 0.0554. The minimum absolute atomic E-state index is 0.116. The number of amides is 1. The highest BCUT2D eigenvalue weighted by molar-refractivity contribution is 5.97. The Morgan fingerprint density at radius 2 is 1.59 bits per heavy atom. The van der Waals surface area contributed by atoms with Crippen LogP contribution in [0, 0.1) is 0 Å². The van der Waals surface area contributed by atoms with Crippen molar-refractivity contribution >= 4 is 11.9 Å². The highest BCUT2D eigenvalue weighted by atomic mass is 16.4. The van der Waals surface area contributed by atoms with Crippen LogP contribution in [0.3, 0.4) is 0 Å². The zero-order chi connectivity index (χ0) is 24.4. The van der Waals surface area contributed by atoms with E-state index < -0.39 is 34.7 Å². The summed E-state index contributed by atoms with van der Waals surface area (Å²) in [5.74, 6) is -2.99. The molecule has 0 bridgehead atoms. The van der Waals surface area contributed by atoms with Gasteiger partial charge in [-0.25, -0.2) is 4.79 Å². The van der Waals surface area contributed by atoms with E-state index in [0.29, 0.717) is 6.54 Å². The minimum Gasteiger partial charge on any atom is -0.503 e. The van der Waals surface area contributed by atoms with Crippen LogP contribution >= 0.6 is 0 Å². The molecule has 1 aliphatic heterocycles. The lowest BCUT2D eigenvalue weighted by Gasteiger charge is -2.42. The number of hydrogen-bond acceptors (Lipinski definition) is 4. The predicted octanol–water partition coefficient (Wildman–Crippen LogP) is 4.27. The standard InChI is InChI=1S/C27H28N2O5/c1-3-10-17(2)28-16-21(22(18-11-6-4-7-12-18)19-13-8-5-9-14-19)29-15-20(27(33)34)24(30)25(31)23(29)26(28)32/h4-9,11-15,17,21-22,31H,3,10,16H2,1-2H3,(H,33,34)/t17?,21-/m1/s1. The monoisotopic (exact) mass is 460 g/mol. The third-order valence-corrected chi connectivity index (χ3v) is 6.59. The SMILES string of the molecule is CCCC(C)N1C[C@H](C(c2ccccc2)c2ccccc2)n2cc(C(=O)O)c(=O)c(O)c2C1=O. The third kappa shape index (κ3) is 4.09. The van der Waals surface area contributed by atoms with Crippen LogP contribution in [0.15, 0.2) is 71.7 Å². The number of benzene rings is 2. The smallest absolute Gasteiger partial charge is 0.341 e. The number of carboxylic acid groups (broad SMARTS) is 1. The molecule has 0 radical (unpaired) electrons. The molecule has 2 N–H and O–H groups in total. The maximum absolute atomic E-state index is 13.5. The largest absolute Gasteiger partial charge is 0.503 e. The second kappa shape index (κ2) is 9.55. The Morgan fingerprint density at radius 3 is 2.09 bits per heavy atom. The van der Waals surface area contributed by atoms with E-state index in [0.717, 1.165) is 24.0 Å². The van der Waals surface area contributed by atoms with Crippen molar-refractivity contribution in [2.24, 2.45) is 0 Å². The molecule has 2 aromatic carbocycles. The molecule has 0 aliphatic carbocycles. The molecule has 176 valence electrons. The van der Waals surface area contributed by atoms with Crippen LogP contribution in [0.5, 0.6) is 5.75 Å². The molecule has 1 aliphatic rings. The normalized spacial score (nSPS) is 16.4. The molecule has 1 unspecified atom stereocenters. The number of carbonyl (C=O) groups excluding carboxylic acids is 1. The second-order valence-electron chi connectivity index (χ2n) is 8.74. The summed E-state index contributed by atoms with van der Waals surface area (Å²) < 4.78 is 1.50. The van der Waals surface area contributed by atoms with Gasteiger partial charge in [0.05, 0.1) is 6.04 Å². The summed E-state index contributed by atoms with van der Waals surface area (Å²) in [5, 5.41) is 20.4. The number of pyridine rings is 1. The van der Waals surface area contributed by atoms with E-state index in [1.807, 2.05) is 74.5 Å². The second-order valence-corrected chi connectivity index (χ2v) is 8.74. The Kier molecular flexibility index (Phi) is 6.54. The molecule has 3 aromatic rings. The van der Waals surface area contributed by atoms with E-state index in [1.165, 1.54) is 10.8 Å². The van der Waals surface area contributed by atoms with Gasteiger partial charge in [-0.05, 0) is 24.5 Å². The molecule has 0 saturated carbocycles. The molecule has 0 spiro atoms. The Balaban J connectivity index is 2.00. The fourth-order valence-corrected chi connectivity index (χ4v) is 4.93. The maximum Gasteiger partial charge on any atom is 0.341 e. The molecular formula is C27H28N2O5. The van der Waals surface area contributed by atoms with Gasteiger partial charge in [-0.1, -0.05) is 74.0 Å². The lowest BCUT2D eigenvalue weighted by Crippen LogP contribution is -2.50. The van der Waals surface area contributed by atoms with Gasteiger partial charge in [0.1, 0.15) is 5.56 Å². The minimum atomic E-state index is -1.44. The number of nitrogens with zero attached hydrogens (tertiary/aromatic N) is 2. The van der Waals surface area contributed by atoms with E-state index in [4.69, 9.17) is 0 Å². The molecule has 34 heavy (non-hydrogen) atoms. The first-order valence-electron chi connectivity index (χ1n) is 11.5. The third-order valence-electron chi connectivity index (χ3n) is 6.59. The van der Waals surface area contributed by atoms with Crippen molar-refractivity contribution in [1.82, 2.24) is 9.47 Å². The van der Waals surface area contributed by atoms with Gasteiger partial charge in [-0.15, -0.1) is 0 Å². The van der Waals surface area contributed by atoms with Crippen LogP contribution in [0.1, 0.15) is 70.6 Å². The average molecular weight is 461 g/mol. The van der Waals surface area contributed by atoms with Crippen LogP contribution in [0.2, 0.25) is 0 Å². The van der Waals surface area contributed by atoms with E-state index in [9.17, 15) is 24.6 Å². The zero-order valence-electron chi connectivity index (χ0n) is 19.2. The predicted molar refractivity (Wildman–Crippen MR) is 128 cm³/mol. The summed E-state index contributed by atoms with van der Waals surface area (Å²) in [4.78, 5) is 39.6. The van der Waals surface area contributed by atoms with Gasteiger partial charge in [-0.3, -0.25) is 9.59 Å². The summed E-state index contributed by atoms with van der Waals surface area (Å²) >= 11 is 0. The summed E-state index contributed by atoms with van der Waals surface area (Å²) in [6.45, 7) is 4.30. The number of carboxylic acids is 1. The molecule has 1 aromatic heterocycles. The van der Waals surface area contributed by atoms with E-state index in [-0.39, 0.29) is 17.7 Å². The first kappa shape index (κ1) is 23.3. The highest BCUT2D eigenvalue weighted by Crippen LogP contribution is 2.40. The van der Waals surface area contributed by atoms with Gasteiger partial charge in [0.15, 0.2) is 11.4 Å². The fourth-order valence-electron chi connectivity index (χ4n) is 4.93. The van der Waals surface area contributed by atoms with Crippen molar-refractivity contribution in [3.8, 4) is 5.75 Å². The Hall–Kier alpha value is -3.87. The topological polar surface area (TPSA) is 99.8 Å². The first-order valence-corrected chi connectivity index (χ1v) is 11.5. The Bertz CT molecular complexity index is 1210. The van der Waals surface area contributed by atoms with Crippen molar-refractivity contribution < 1.29 is 19.8 Å². The van der Waals surface area contributed by atoms with Crippen molar-refractivity contribution in [3.63, 3.8) is 0 Å². The molecule has 2 atom stereocenters. The summed E-state index contributed by atoms with van der Waals surface area (Å²) in [6, 6.07) is 19.0. The van der Waals surface area contributed by atoms with Crippen LogP contribution in [-0.4, -0.2) is 44.1 Å². The number of aromatic carboxylic acids is 1. The van der Waals surface area contributed by atoms with Crippen molar-refractivity contribution in [3.05, 3.63) is 99.5 Å². The lowest BCUT2D eigenvalue weighted by atomic mass is 9.83. The van der Waals surface area contributed by atoms with Crippen LogP contribution < -0.4 is 5.43 Å². The van der Waals surface area contributed by atoms with Gasteiger partial charge in [0, 0.05) is 24.7 Å². The summed E-state index contributed by atoms with van der Waals surface area (Å²) in [6.07, 6.45) is 2.84. The van der Waals surface area contributed by atoms with E-state index >= 15 is 0 Å². The quantitative estimate of drug-likeness (QED) is 0.549.